The maximum Gasteiger partial charge on any atom is 0.323 e. The normalized spacial score (nSPS) is 11.7. The third kappa shape index (κ3) is 3.06. The Bertz CT molecular complexity index is 361. The Hall–Kier alpha value is -0.390. The van der Waals surface area contributed by atoms with E-state index in [-0.39, 0.29) is 0 Å². The number of carboxylic acids is 1. The van der Waals surface area contributed by atoms with Crippen LogP contribution in [0.3, 0.4) is 0 Å². The number of aliphatic carboxylic acids is 1. The molecule has 0 aliphatic carbocycles. The fourth-order valence-corrected chi connectivity index (χ4v) is 2.80. The van der Waals surface area contributed by atoms with E-state index in [2.05, 4.69) is 21.2 Å². The minimum Gasteiger partial charge on any atom is -0.480 e. The fourth-order valence-electron chi connectivity index (χ4n) is 1.59. The Balaban J connectivity index is 2.67. The smallest absolute Gasteiger partial charge is 0.323 e. The predicted molar refractivity (Wildman–Crippen MR) is 69.8 cm³/mol. The maximum absolute atomic E-state index is 11.2. The van der Waals surface area contributed by atoms with E-state index in [1.165, 1.54) is 0 Å². The second-order valence-electron chi connectivity index (χ2n) is 3.71. The molecule has 16 heavy (non-hydrogen) atoms. The average molecular weight is 306 g/mol. The van der Waals surface area contributed by atoms with E-state index in [4.69, 9.17) is 0 Å². The highest BCUT2D eigenvalue weighted by Crippen LogP contribution is 2.22. The van der Waals surface area contributed by atoms with Gasteiger partial charge in [-0.3, -0.25) is 10.1 Å². The first-order chi connectivity index (χ1) is 7.54. The van der Waals surface area contributed by atoms with Gasteiger partial charge in [-0.05, 0) is 45.8 Å². The van der Waals surface area contributed by atoms with Crippen LogP contribution in [0.5, 0.6) is 0 Å². The van der Waals surface area contributed by atoms with Crippen LogP contribution in [-0.4, -0.2) is 16.6 Å². The van der Waals surface area contributed by atoms with Gasteiger partial charge in [0.25, 0.3) is 0 Å². The van der Waals surface area contributed by atoms with Gasteiger partial charge in [0, 0.05) is 6.54 Å². The molecule has 0 radical (unpaired) electrons. The summed E-state index contributed by atoms with van der Waals surface area (Å²) in [5, 5.41) is 14.4. The molecule has 2 N–H and O–H groups in total. The minimum absolute atomic E-state index is 0.587. The highest BCUT2D eigenvalue weighted by Gasteiger charge is 2.33. The van der Waals surface area contributed by atoms with Crippen molar-refractivity contribution in [2.75, 3.05) is 0 Å². The minimum atomic E-state index is -0.797. The van der Waals surface area contributed by atoms with Crippen LogP contribution in [0, 0.1) is 0 Å². The molecule has 0 saturated heterocycles. The molecular formula is C11H16BrNO2S. The molecule has 1 aromatic heterocycles. The van der Waals surface area contributed by atoms with E-state index in [1.54, 1.807) is 11.3 Å². The van der Waals surface area contributed by atoms with Crippen LogP contribution in [0.25, 0.3) is 0 Å². The van der Waals surface area contributed by atoms with Crippen molar-refractivity contribution >= 4 is 33.2 Å². The van der Waals surface area contributed by atoms with Crippen LogP contribution in [0.2, 0.25) is 0 Å². The van der Waals surface area contributed by atoms with E-state index in [1.807, 2.05) is 25.3 Å². The zero-order valence-electron chi connectivity index (χ0n) is 9.42. The van der Waals surface area contributed by atoms with Gasteiger partial charge < -0.3 is 5.11 Å². The molecule has 0 aliphatic heterocycles. The first kappa shape index (κ1) is 13.7. The molecule has 90 valence electrons. The number of hydrogen-bond donors (Lipinski definition) is 2. The van der Waals surface area contributed by atoms with Crippen molar-refractivity contribution in [1.29, 1.82) is 0 Å². The summed E-state index contributed by atoms with van der Waals surface area (Å²) in [5.74, 6) is -0.771. The van der Waals surface area contributed by atoms with Gasteiger partial charge >= 0.3 is 5.97 Å². The quantitative estimate of drug-likeness (QED) is 0.848. The Kier molecular flexibility index (Phi) is 4.95. The Labute approximate surface area is 108 Å². The second-order valence-corrected chi connectivity index (χ2v) is 6.00. The third-order valence-electron chi connectivity index (χ3n) is 2.87. The molecule has 0 bridgehead atoms. The Morgan fingerprint density at radius 2 is 2.19 bits per heavy atom. The Morgan fingerprint density at radius 1 is 1.56 bits per heavy atom. The lowest BCUT2D eigenvalue weighted by Crippen LogP contribution is -2.50. The van der Waals surface area contributed by atoms with Crippen LogP contribution in [0.4, 0.5) is 0 Å². The van der Waals surface area contributed by atoms with Crippen molar-refractivity contribution in [3.05, 3.63) is 20.8 Å². The average Bonchev–Trinajstić information content (AvgIpc) is 2.66. The van der Waals surface area contributed by atoms with Crippen LogP contribution in [-0.2, 0) is 11.3 Å². The van der Waals surface area contributed by atoms with E-state index in [9.17, 15) is 9.90 Å². The molecular weight excluding hydrogens is 290 g/mol. The number of rotatable bonds is 6. The summed E-state index contributed by atoms with van der Waals surface area (Å²) in [4.78, 5) is 11.2. The lowest BCUT2D eigenvalue weighted by atomic mass is 9.93. The lowest BCUT2D eigenvalue weighted by Gasteiger charge is -2.28. The number of thiophene rings is 1. The molecule has 0 saturated carbocycles. The first-order valence-corrected chi connectivity index (χ1v) is 6.92. The summed E-state index contributed by atoms with van der Waals surface area (Å²) in [6, 6.07) is 2.01. The van der Waals surface area contributed by atoms with Gasteiger partial charge in [0.15, 0.2) is 0 Å². The van der Waals surface area contributed by atoms with Crippen molar-refractivity contribution in [2.45, 2.75) is 38.8 Å². The number of hydrogen-bond acceptors (Lipinski definition) is 3. The van der Waals surface area contributed by atoms with Gasteiger partial charge in [-0.1, -0.05) is 13.8 Å². The highest BCUT2D eigenvalue weighted by molar-refractivity contribution is 9.11. The van der Waals surface area contributed by atoms with E-state index >= 15 is 0 Å². The summed E-state index contributed by atoms with van der Waals surface area (Å²) in [5.41, 5.74) is 0.318. The van der Waals surface area contributed by atoms with Crippen LogP contribution in [0.1, 0.15) is 32.3 Å². The zero-order chi connectivity index (χ0) is 12.2. The molecule has 0 amide bonds. The molecule has 1 rings (SSSR count). The van der Waals surface area contributed by atoms with Crippen molar-refractivity contribution in [3.63, 3.8) is 0 Å². The molecule has 0 aliphatic rings. The fraction of sp³-hybridized carbons (Fsp3) is 0.545. The van der Waals surface area contributed by atoms with Crippen LogP contribution >= 0.6 is 27.3 Å². The van der Waals surface area contributed by atoms with Crippen molar-refractivity contribution in [2.24, 2.45) is 0 Å². The second kappa shape index (κ2) is 5.80. The van der Waals surface area contributed by atoms with Gasteiger partial charge in [-0.15, -0.1) is 11.3 Å². The highest BCUT2D eigenvalue weighted by atomic mass is 79.9. The number of halogens is 1. The van der Waals surface area contributed by atoms with Crippen molar-refractivity contribution in [3.8, 4) is 0 Å². The third-order valence-corrected chi connectivity index (χ3v) is 4.42. The first-order valence-electron chi connectivity index (χ1n) is 5.25. The summed E-state index contributed by atoms with van der Waals surface area (Å²) in [6.45, 7) is 4.39. The molecule has 0 atom stereocenters. The SMILES string of the molecule is CCC(CC)(NCc1csc(Br)c1)C(=O)O. The summed E-state index contributed by atoms with van der Waals surface area (Å²) in [7, 11) is 0. The maximum atomic E-state index is 11.2. The molecule has 1 heterocycles. The number of nitrogens with one attached hydrogen (secondary N) is 1. The lowest BCUT2D eigenvalue weighted by molar-refractivity contribution is -0.145. The summed E-state index contributed by atoms with van der Waals surface area (Å²) in [6.07, 6.45) is 1.17. The molecule has 0 fully saturated rings. The van der Waals surface area contributed by atoms with Crippen LogP contribution in [0.15, 0.2) is 15.2 Å². The molecule has 0 unspecified atom stereocenters. The van der Waals surface area contributed by atoms with Gasteiger partial charge in [0.05, 0.1) is 3.79 Å². The van der Waals surface area contributed by atoms with Gasteiger partial charge in [0.2, 0.25) is 0 Å². The summed E-state index contributed by atoms with van der Waals surface area (Å²) < 4.78 is 1.07. The number of carboxylic acid groups (broad SMARTS) is 1. The molecule has 0 aromatic carbocycles. The predicted octanol–water partition coefficient (Wildman–Crippen LogP) is 3.24. The zero-order valence-corrected chi connectivity index (χ0v) is 11.8. The monoisotopic (exact) mass is 305 g/mol. The molecule has 3 nitrogen and oxygen atoms in total. The van der Waals surface area contributed by atoms with Crippen molar-refractivity contribution < 1.29 is 9.90 Å². The molecule has 5 heteroatoms. The molecule has 0 spiro atoms. The van der Waals surface area contributed by atoms with E-state index in [0.29, 0.717) is 19.4 Å². The Morgan fingerprint density at radius 3 is 2.56 bits per heavy atom. The largest absolute Gasteiger partial charge is 0.480 e. The topological polar surface area (TPSA) is 49.3 Å². The number of carbonyl (C=O) groups is 1. The summed E-state index contributed by atoms with van der Waals surface area (Å²) >= 11 is 5.00. The standard InChI is InChI=1S/C11H16BrNO2S/c1-3-11(4-2,10(14)15)13-6-8-5-9(12)16-7-8/h5,7,13H,3-4,6H2,1-2H3,(H,14,15). The van der Waals surface area contributed by atoms with Crippen LogP contribution < -0.4 is 5.32 Å². The van der Waals surface area contributed by atoms with E-state index in [0.717, 1.165) is 9.35 Å². The van der Waals surface area contributed by atoms with E-state index < -0.39 is 11.5 Å². The van der Waals surface area contributed by atoms with Gasteiger partial charge in [0.1, 0.15) is 5.54 Å². The van der Waals surface area contributed by atoms with Crippen molar-refractivity contribution in [1.82, 2.24) is 5.32 Å². The van der Waals surface area contributed by atoms with Gasteiger partial charge in [-0.2, -0.15) is 0 Å². The van der Waals surface area contributed by atoms with Gasteiger partial charge in [-0.25, -0.2) is 0 Å². The molecule has 1 aromatic rings.